The number of hydrogen-bond acceptors (Lipinski definition) is 5. The van der Waals surface area contributed by atoms with Crippen molar-refractivity contribution >= 4 is 18.4 Å². The zero-order chi connectivity index (χ0) is 19.7. The van der Waals surface area contributed by atoms with E-state index in [0.29, 0.717) is 23.7 Å². The Kier molecular flexibility index (Phi) is 4.95. The number of rotatable bonds is 5. The van der Waals surface area contributed by atoms with Gasteiger partial charge in [-0.05, 0) is 50.3 Å². The Labute approximate surface area is 166 Å². The SMILES string of the molecule is CCOc1cc2c(cc1/C=N\n1c(-c3ccccc3F)n[nH]c1=S)O[C@H](C)C2. The molecule has 3 aromatic rings. The number of nitrogens with one attached hydrogen (secondary N) is 1. The maximum Gasteiger partial charge on any atom is 0.216 e. The summed E-state index contributed by atoms with van der Waals surface area (Å²) in [5, 5.41) is 11.2. The molecule has 2 aromatic carbocycles. The minimum Gasteiger partial charge on any atom is -0.493 e. The Morgan fingerprint density at radius 1 is 1.43 bits per heavy atom. The minimum absolute atomic E-state index is 0.131. The second-order valence-electron chi connectivity index (χ2n) is 6.45. The molecule has 144 valence electrons. The van der Waals surface area contributed by atoms with Gasteiger partial charge in [-0.15, -0.1) is 0 Å². The van der Waals surface area contributed by atoms with Crippen molar-refractivity contribution in [3.05, 3.63) is 58.1 Å². The lowest BCUT2D eigenvalue weighted by Crippen LogP contribution is -2.05. The molecule has 0 bridgehead atoms. The summed E-state index contributed by atoms with van der Waals surface area (Å²) in [6.45, 7) is 4.48. The zero-order valence-electron chi connectivity index (χ0n) is 15.5. The van der Waals surface area contributed by atoms with Crippen molar-refractivity contribution in [2.45, 2.75) is 26.4 Å². The monoisotopic (exact) mass is 398 g/mol. The number of benzene rings is 2. The molecular weight excluding hydrogens is 379 g/mol. The molecule has 0 saturated heterocycles. The molecule has 0 unspecified atom stereocenters. The Morgan fingerprint density at radius 3 is 3.04 bits per heavy atom. The standard InChI is InChI=1S/C20H19FN4O2S/c1-3-26-17-9-13-8-12(2)27-18(13)10-14(17)11-22-25-19(23-24-20(25)28)15-6-4-5-7-16(15)21/h4-7,9-12H,3,8H2,1-2H3,(H,24,28)/b22-11-/t12-/m1/s1. The molecule has 0 amide bonds. The van der Waals surface area contributed by atoms with Gasteiger partial charge in [0, 0.05) is 17.5 Å². The van der Waals surface area contributed by atoms with E-state index in [-0.39, 0.29) is 10.9 Å². The molecule has 0 fully saturated rings. The van der Waals surface area contributed by atoms with Crippen LogP contribution >= 0.6 is 12.2 Å². The fourth-order valence-electron chi connectivity index (χ4n) is 3.17. The van der Waals surface area contributed by atoms with E-state index in [1.807, 2.05) is 26.0 Å². The van der Waals surface area contributed by atoms with Crippen LogP contribution in [0, 0.1) is 10.6 Å². The van der Waals surface area contributed by atoms with E-state index in [1.54, 1.807) is 24.4 Å². The molecule has 1 N–H and O–H groups in total. The van der Waals surface area contributed by atoms with Crippen LogP contribution in [0.5, 0.6) is 11.5 Å². The molecule has 0 radical (unpaired) electrons. The molecule has 4 rings (SSSR count). The normalized spacial score (nSPS) is 15.6. The highest BCUT2D eigenvalue weighted by Crippen LogP contribution is 2.34. The number of ether oxygens (including phenoxy) is 2. The number of hydrogen-bond donors (Lipinski definition) is 1. The predicted molar refractivity (Wildman–Crippen MR) is 107 cm³/mol. The molecule has 0 aliphatic carbocycles. The highest BCUT2D eigenvalue weighted by molar-refractivity contribution is 7.71. The molecule has 0 spiro atoms. The summed E-state index contributed by atoms with van der Waals surface area (Å²) in [7, 11) is 0. The second kappa shape index (κ2) is 7.55. The van der Waals surface area contributed by atoms with E-state index in [4.69, 9.17) is 21.7 Å². The van der Waals surface area contributed by atoms with Gasteiger partial charge in [0.05, 0.1) is 18.4 Å². The minimum atomic E-state index is -0.400. The Bertz CT molecular complexity index is 1110. The highest BCUT2D eigenvalue weighted by atomic mass is 32.1. The first-order valence-electron chi connectivity index (χ1n) is 9.00. The van der Waals surface area contributed by atoms with E-state index in [0.717, 1.165) is 23.3 Å². The number of H-pyrrole nitrogens is 1. The zero-order valence-corrected chi connectivity index (χ0v) is 16.3. The van der Waals surface area contributed by atoms with E-state index >= 15 is 0 Å². The van der Waals surface area contributed by atoms with Gasteiger partial charge in [-0.25, -0.2) is 9.49 Å². The molecule has 1 aliphatic heterocycles. The van der Waals surface area contributed by atoms with Crippen molar-refractivity contribution in [1.82, 2.24) is 14.9 Å². The van der Waals surface area contributed by atoms with Gasteiger partial charge in [-0.2, -0.15) is 14.9 Å². The summed E-state index contributed by atoms with van der Waals surface area (Å²) in [5.41, 5.74) is 2.17. The molecule has 2 heterocycles. The topological polar surface area (TPSA) is 64.4 Å². The van der Waals surface area contributed by atoms with Crippen molar-refractivity contribution < 1.29 is 13.9 Å². The lowest BCUT2D eigenvalue weighted by molar-refractivity contribution is 0.254. The summed E-state index contributed by atoms with van der Waals surface area (Å²) < 4.78 is 27.4. The highest BCUT2D eigenvalue weighted by Gasteiger charge is 2.21. The van der Waals surface area contributed by atoms with Crippen LogP contribution in [0.15, 0.2) is 41.5 Å². The molecular formula is C20H19FN4O2S. The van der Waals surface area contributed by atoms with Gasteiger partial charge in [0.15, 0.2) is 5.82 Å². The van der Waals surface area contributed by atoms with Crippen LogP contribution in [0.25, 0.3) is 11.4 Å². The summed E-state index contributed by atoms with van der Waals surface area (Å²) in [6, 6.07) is 10.2. The van der Waals surface area contributed by atoms with Crippen LogP contribution in [-0.2, 0) is 6.42 Å². The number of halogens is 1. The Hall–Kier alpha value is -3.00. The smallest absolute Gasteiger partial charge is 0.216 e. The summed E-state index contributed by atoms with van der Waals surface area (Å²) in [4.78, 5) is 0. The molecule has 0 saturated carbocycles. The third-order valence-corrected chi connectivity index (χ3v) is 4.67. The lowest BCUT2D eigenvalue weighted by atomic mass is 10.1. The maximum absolute atomic E-state index is 14.2. The van der Waals surface area contributed by atoms with Gasteiger partial charge in [0.2, 0.25) is 4.77 Å². The van der Waals surface area contributed by atoms with E-state index in [2.05, 4.69) is 15.3 Å². The van der Waals surface area contributed by atoms with Crippen molar-refractivity contribution in [2.75, 3.05) is 6.61 Å². The number of fused-ring (bicyclic) bond motifs is 1. The molecule has 1 aliphatic rings. The largest absolute Gasteiger partial charge is 0.493 e. The predicted octanol–water partition coefficient (Wildman–Crippen LogP) is 4.35. The summed E-state index contributed by atoms with van der Waals surface area (Å²) >= 11 is 5.26. The quantitative estimate of drug-likeness (QED) is 0.513. The number of aromatic nitrogens is 3. The third kappa shape index (κ3) is 3.43. The first-order chi connectivity index (χ1) is 13.6. The van der Waals surface area contributed by atoms with Crippen LogP contribution < -0.4 is 9.47 Å². The van der Waals surface area contributed by atoms with E-state index in [1.165, 1.54) is 10.7 Å². The van der Waals surface area contributed by atoms with Crippen molar-refractivity contribution in [3.63, 3.8) is 0 Å². The van der Waals surface area contributed by atoms with Crippen molar-refractivity contribution in [3.8, 4) is 22.9 Å². The fourth-order valence-corrected chi connectivity index (χ4v) is 3.35. The molecule has 1 atom stereocenters. The van der Waals surface area contributed by atoms with Gasteiger partial charge in [0.25, 0.3) is 0 Å². The Balaban J connectivity index is 1.75. The van der Waals surface area contributed by atoms with Crippen LogP contribution in [0.3, 0.4) is 0 Å². The molecule has 1 aromatic heterocycles. The average Bonchev–Trinajstić information content (AvgIpc) is 3.21. The van der Waals surface area contributed by atoms with Gasteiger partial charge in [0.1, 0.15) is 23.4 Å². The third-order valence-electron chi connectivity index (χ3n) is 4.41. The Morgan fingerprint density at radius 2 is 2.25 bits per heavy atom. The summed E-state index contributed by atoms with van der Waals surface area (Å²) in [5.74, 6) is 1.43. The van der Waals surface area contributed by atoms with Crippen molar-refractivity contribution in [1.29, 1.82) is 0 Å². The van der Waals surface area contributed by atoms with Gasteiger partial charge in [-0.1, -0.05) is 12.1 Å². The van der Waals surface area contributed by atoms with Crippen LogP contribution in [0.2, 0.25) is 0 Å². The van der Waals surface area contributed by atoms with Crippen LogP contribution in [-0.4, -0.2) is 33.8 Å². The average molecular weight is 398 g/mol. The molecule has 6 nitrogen and oxygen atoms in total. The molecule has 8 heteroatoms. The maximum atomic E-state index is 14.2. The second-order valence-corrected chi connectivity index (χ2v) is 6.84. The first kappa shape index (κ1) is 18.4. The van der Waals surface area contributed by atoms with Crippen LogP contribution in [0.1, 0.15) is 25.0 Å². The van der Waals surface area contributed by atoms with E-state index in [9.17, 15) is 4.39 Å². The summed E-state index contributed by atoms with van der Waals surface area (Å²) in [6.07, 6.45) is 2.59. The first-order valence-corrected chi connectivity index (χ1v) is 9.40. The van der Waals surface area contributed by atoms with Gasteiger partial charge >= 0.3 is 0 Å². The van der Waals surface area contributed by atoms with Crippen LogP contribution in [0.4, 0.5) is 4.39 Å². The fraction of sp³-hybridized carbons (Fsp3) is 0.250. The van der Waals surface area contributed by atoms with Gasteiger partial charge < -0.3 is 9.47 Å². The number of aromatic amines is 1. The van der Waals surface area contributed by atoms with Crippen molar-refractivity contribution in [2.24, 2.45) is 5.10 Å². The van der Waals surface area contributed by atoms with Gasteiger partial charge in [-0.3, -0.25) is 0 Å². The lowest BCUT2D eigenvalue weighted by Gasteiger charge is -2.10. The molecule has 28 heavy (non-hydrogen) atoms. The van der Waals surface area contributed by atoms with E-state index < -0.39 is 5.82 Å². The number of nitrogens with zero attached hydrogens (tertiary/aromatic N) is 3.